The second-order valence-corrected chi connectivity index (χ2v) is 5.59. The maximum Gasteiger partial charge on any atom is 0.164 e. The average Bonchev–Trinajstić information content (AvgIpc) is 2.95. The summed E-state index contributed by atoms with van der Waals surface area (Å²) in [5.74, 6) is 2.57. The Bertz CT molecular complexity index is 782. The minimum absolute atomic E-state index is 0.0351. The van der Waals surface area contributed by atoms with E-state index in [4.69, 9.17) is 18.9 Å². The van der Waals surface area contributed by atoms with Crippen molar-refractivity contribution >= 4 is 5.78 Å². The lowest BCUT2D eigenvalue weighted by atomic mass is 9.92. The standard InChI is InChI=1S/C19H20O5/c1-21-16-6-5-11(7-17(16)22-2)12-8-15(20)14-10-19(24-4)18(23-3)9-13(12)14/h5-7,9-10,12H,8H2,1-4H3/t12-/m0/s1. The van der Waals surface area contributed by atoms with Gasteiger partial charge >= 0.3 is 0 Å². The van der Waals surface area contributed by atoms with Crippen LogP contribution >= 0.6 is 0 Å². The Labute approximate surface area is 141 Å². The van der Waals surface area contributed by atoms with E-state index >= 15 is 0 Å². The minimum atomic E-state index is -0.0351. The number of methoxy groups -OCH3 is 4. The summed E-state index contributed by atoms with van der Waals surface area (Å²) in [5.41, 5.74) is 2.64. The molecule has 0 saturated heterocycles. The van der Waals surface area contributed by atoms with Gasteiger partial charge in [0.05, 0.1) is 28.4 Å². The molecule has 126 valence electrons. The van der Waals surface area contributed by atoms with Crippen molar-refractivity contribution in [1.29, 1.82) is 0 Å². The Kier molecular flexibility index (Phi) is 4.34. The third kappa shape index (κ3) is 2.56. The van der Waals surface area contributed by atoms with Crippen molar-refractivity contribution in [2.24, 2.45) is 0 Å². The quantitative estimate of drug-likeness (QED) is 0.841. The van der Waals surface area contributed by atoms with Crippen molar-refractivity contribution in [3.8, 4) is 23.0 Å². The minimum Gasteiger partial charge on any atom is -0.493 e. The predicted octanol–water partition coefficient (Wildman–Crippen LogP) is 3.44. The van der Waals surface area contributed by atoms with Crippen LogP contribution in [0.2, 0.25) is 0 Å². The Hall–Kier alpha value is -2.69. The SMILES string of the molecule is COc1ccc([C@@H]2CC(=O)c3cc(OC)c(OC)cc32)cc1OC. The molecule has 0 aliphatic heterocycles. The fourth-order valence-electron chi connectivity index (χ4n) is 3.20. The van der Waals surface area contributed by atoms with E-state index in [1.807, 2.05) is 24.3 Å². The summed E-state index contributed by atoms with van der Waals surface area (Å²) in [7, 11) is 6.36. The molecule has 0 N–H and O–H groups in total. The highest BCUT2D eigenvalue weighted by molar-refractivity contribution is 6.02. The second kappa shape index (κ2) is 6.43. The molecule has 1 atom stereocenters. The molecule has 1 aliphatic carbocycles. The van der Waals surface area contributed by atoms with Gasteiger partial charge in [0.25, 0.3) is 0 Å². The van der Waals surface area contributed by atoms with Gasteiger partial charge in [-0.25, -0.2) is 0 Å². The molecule has 5 nitrogen and oxygen atoms in total. The molecule has 5 heteroatoms. The number of hydrogen-bond acceptors (Lipinski definition) is 5. The lowest BCUT2D eigenvalue weighted by Gasteiger charge is -2.16. The van der Waals surface area contributed by atoms with E-state index in [9.17, 15) is 4.79 Å². The third-order valence-corrected chi connectivity index (χ3v) is 4.43. The van der Waals surface area contributed by atoms with Crippen molar-refractivity contribution in [3.63, 3.8) is 0 Å². The molecule has 0 unspecified atom stereocenters. The third-order valence-electron chi connectivity index (χ3n) is 4.43. The van der Waals surface area contributed by atoms with E-state index < -0.39 is 0 Å². The monoisotopic (exact) mass is 328 g/mol. The first-order chi connectivity index (χ1) is 11.6. The van der Waals surface area contributed by atoms with Crippen molar-refractivity contribution < 1.29 is 23.7 Å². The summed E-state index contributed by atoms with van der Waals surface area (Å²) >= 11 is 0. The van der Waals surface area contributed by atoms with Gasteiger partial charge in [-0.15, -0.1) is 0 Å². The molecule has 3 rings (SSSR count). The number of rotatable bonds is 5. The largest absolute Gasteiger partial charge is 0.493 e. The molecular weight excluding hydrogens is 308 g/mol. The summed E-state index contributed by atoms with van der Waals surface area (Å²) in [6, 6.07) is 9.39. The first-order valence-electron chi connectivity index (χ1n) is 7.64. The van der Waals surface area contributed by atoms with Crippen LogP contribution in [0.4, 0.5) is 0 Å². The van der Waals surface area contributed by atoms with Crippen LogP contribution in [-0.4, -0.2) is 34.2 Å². The molecule has 0 saturated carbocycles. The molecule has 2 aromatic rings. The molecule has 0 amide bonds. The van der Waals surface area contributed by atoms with Crippen molar-refractivity contribution in [2.75, 3.05) is 28.4 Å². The maximum absolute atomic E-state index is 12.4. The highest BCUT2D eigenvalue weighted by Crippen LogP contribution is 2.44. The van der Waals surface area contributed by atoms with E-state index in [0.29, 0.717) is 35.0 Å². The summed E-state index contributed by atoms with van der Waals surface area (Å²) in [4.78, 5) is 12.4. The van der Waals surface area contributed by atoms with E-state index in [0.717, 1.165) is 11.1 Å². The molecule has 0 heterocycles. The highest BCUT2D eigenvalue weighted by atomic mass is 16.5. The van der Waals surface area contributed by atoms with Crippen molar-refractivity contribution in [3.05, 3.63) is 47.0 Å². The number of ketones is 1. The molecule has 0 bridgehead atoms. The predicted molar refractivity (Wildman–Crippen MR) is 89.9 cm³/mol. The Morgan fingerprint density at radius 3 is 2.00 bits per heavy atom. The van der Waals surface area contributed by atoms with Gasteiger partial charge in [0.15, 0.2) is 28.8 Å². The normalized spacial score (nSPS) is 15.8. The van der Waals surface area contributed by atoms with Crippen molar-refractivity contribution in [2.45, 2.75) is 12.3 Å². The van der Waals surface area contributed by atoms with Gasteiger partial charge < -0.3 is 18.9 Å². The highest BCUT2D eigenvalue weighted by Gasteiger charge is 2.32. The van der Waals surface area contributed by atoms with Crippen molar-refractivity contribution in [1.82, 2.24) is 0 Å². The van der Waals surface area contributed by atoms with Crippen LogP contribution < -0.4 is 18.9 Å². The summed E-state index contributed by atoms with van der Waals surface area (Å²) < 4.78 is 21.3. The molecule has 0 radical (unpaired) electrons. The van der Waals surface area contributed by atoms with E-state index in [1.54, 1.807) is 34.5 Å². The second-order valence-electron chi connectivity index (χ2n) is 5.59. The average molecular weight is 328 g/mol. The molecular formula is C19H20O5. The van der Waals surface area contributed by atoms with Crippen LogP contribution in [0.25, 0.3) is 0 Å². The Morgan fingerprint density at radius 1 is 0.792 bits per heavy atom. The number of hydrogen-bond donors (Lipinski definition) is 0. The molecule has 0 aromatic heterocycles. The lowest BCUT2D eigenvalue weighted by Crippen LogP contribution is -2.00. The van der Waals surface area contributed by atoms with Gasteiger partial charge in [-0.2, -0.15) is 0 Å². The Morgan fingerprint density at radius 2 is 1.38 bits per heavy atom. The van der Waals surface area contributed by atoms with Gasteiger partial charge in [-0.05, 0) is 35.4 Å². The number of ether oxygens (including phenoxy) is 4. The van der Waals surface area contributed by atoms with Gasteiger partial charge in [-0.1, -0.05) is 6.07 Å². The van der Waals surface area contributed by atoms with Crippen LogP contribution in [-0.2, 0) is 0 Å². The Balaban J connectivity index is 2.09. The van der Waals surface area contributed by atoms with Gasteiger partial charge in [0.2, 0.25) is 0 Å². The zero-order valence-electron chi connectivity index (χ0n) is 14.2. The van der Waals surface area contributed by atoms with Gasteiger partial charge in [-0.3, -0.25) is 4.79 Å². The van der Waals surface area contributed by atoms with Crippen LogP contribution in [0.3, 0.4) is 0 Å². The number of benzene rings is 2. The summed E-state index contributed by atoms with van der Waals surface area (Å²) in [6.45, 7) is 0. The molecule has 0 fully saturated rings. The maximum atomic E-state index is 12.4. The van der Waals surface area contributed by atoms with Crippen LogP contribution in [0, 0.1) is 0 Å². The number of carbonyl (C=O) groups is 1. The fourth-order valence-corrected chi connectivity index (χ4v) is 3.20. The zero-order valence-corrected chi connectivity index (χ0v) is 14.2. The number of fused-ring (bicyclic) bond motifs is 1. The smallest absolute Gasteiger partial charge is 0.164 e. The lowest BCUT2D eigenvalue weighted by molar-refractivity contribution is 0.0991. The van der Waals surface area contributed by atoms with Crippen LogP contribution in [0.1, 0.15) is 33.8 Å². The summed E-state index contributed by atoms with van der Waals surface area (Å²) in [5, 5.41) is 0. The van der Waals surface area contributed by atoms with E-state index in [2.05, 4.69) is 0 Å². The molecule has 2 aromatic carbocycles. The van der Waals surface area contributed by atoms with Gasteiger partial charge in [0.1, 0.15) is 0 Å². The van der Waals surface area contributed by atoms with E-state index in [-0.39, 0.29) is 11.7 Å². The van der Waals surface area contributed by atoms with E-state index in [1.165, 1.54) is 0 Å². The number of Topliss-reactive ketones (excluding diaryl/α,β-unsaturated/α-hetero) is 1. The van der Waals surface area contributed by atoms with Gasteiger partial charge in [0, 0.05) is 17.9 Å². The van der Waals surface area contributed by atoms with Crippen LogP contribution in [0.5, 0.6) is 23.0 Å². The van der Waals surface area contributed by atoms with Crippen LogP contribution in [0.15, 0.2) is 30.3 Å². The molecule has 1 aliphatic rings. The first kappa shape index (κ1) is 16.2. The molecule has 0 spiro atoms. The topological polar surface area (TPSA) is 54.0 Å². The number of carbonyl (C=O) groups excluding carboxylic acids is 1. The fraction of sp³-hybridized carbons (Fsp3) is 0.316. The molecule has 24 heavy (non-hydrogen) atoms. The zero-order chi connectivity index (χ0) is 17.3. The first-order valence-corrected chi connectivity index (χ1v) is 7.64. The summed E-state index contributed by atoms with van der Waals surface area (Å²) in [6.07, 6.45) is 0.418.